The molecule has 1 aliphatic rings. The number of fused-ring (bicyclic) bond motifs is 2. The van der Waals surface area contributed by atoms with Crippen molar-refractivity contribution < 1.29 is 9.53 Å². The van der Waals surface area contributed by atoms with Crippen LogP contribution in [0.25, 0.3) is 21.9 Å². The first-order valence-electron chi connectivity index (χ1n) is 10.9. The van der Waals surface area contributed by atoms with E-state index in [9.17, 15) is 4.79 Å². The maximum absolute atomic E-state index is 13.4. The number of hydrogen-bond acceptors (Lipinski definition) is 8. The number of rotatable bonds is 4. The molecule has 1 fully saturated rings. The second kappa shape index (κ2) is 8.28. The molecule has 0 bridgehead atoms. The lowest BCUT2D eigenvalue weighted by Gasteiger charge is -2.38. The number of aryl methyl sites for hydroxylation is 1. The molecular weight excluding hydrogens is 420 g/mol. The van der Waals surface area contributed by atoms with Gasteiger partial charge in [0, 0.05) is 55.7 Å². The topological polar surface area (TPSA) is 110 Å². The Balaban J connectivity index is 1.57. The number of amides is 1. The van der Waals surface area contributed by atoms with Gasteiger partial charge in [0.1, 0.15) is 5.52 Å². The summed E-state index contributed by atoms with van der Waals surface area (Å²) in [5.41, 5.74) is 3.41. The number of methoxy groups -OCH3 is 1. The van der Waals surface area contributed by atoms with E-state index in [0.29, 0.717) is 34.5 Å². The lowest BCUT2D eigenvalue weighted by Crippen LogP contribution is -2.54. The lowest BCUT2D eigenvalue weighted by molar-refractivity contribution is 0.102. The highest BCUT2D eigenvalue weighted by atomic mass is 16.5. The molecule has 0 aliphatic carbocycles. The van der Waals surface area contributed by atoms with E-state index in [1.165, 1.54) is 7.11 Å². The van der Waals surface area contributed by atoms with E-state index in [-0.39, 0.29) is 11.9 Å². The highest BCUT2D eigenvalue weighted by molar-refractivity contribution is 6.15. The molecule has 3 aromatic heterocycles. The Morgan fingerprint density at radius 3 is 2.70 bits per heavy atom. The third-order valence-electron chi connectivity index (χ3n) is 5.87. The van der Waals surface area contributed by atoms with Crippen molar-refractivity contribution in [1.29, 1.82) is 0 Å². The third kappa shape index (κ3) is 3.82. The van der Waals surface area contributed by atoms with Gasteiger partial charge < -0.3 is 20.3 Å². The number of anilines is 2. The highest BCUT2D eigenvalue weighted by Gasteiger charge is 2.25. The predicted octanol–water partition coefficient (Wildman–Crippen LogP) is 2.36. The van der Waals surface area contributed by atoms with Crippen LogP contribution >= 0.6 is 0 Å². The molecular formula is C23H26N8O2. The fourth-order valence-corrected chi connectivity index (χ4v) is 4.52. The minimum Gasteiger partial charge on any atom is -0.467 e. The van der Waals surface area contributed by atoms with Gasteiger partial charge >= 0.3 is 6.01 Å². The predicted molar refractivity (Wildman–Crippen MR) is 127 cm³/mol. The van der Waals surface area contributed by atoms with Crippen molar-refractivity contribution in [2.45, 2.75) is 25.9 Å². The van der Waals surface area contributed by atoms with Crippen LogP contribution in [0, 0.1) is 0 Å². The normalized spacial score (nSPS) is 18.6. The Hall–Kier alpha value is -3.79. The van der Waals surface area contributed by atoms with Crippen molar-refractivity contribution in [1.82, 2.24) is 30.0 Å². The number of nitrogens with one attached hydrogen (secondary N) is 2. The number of carbonyl (C=O) groups excluding carboxylic acids is 1. The molecule has 0 unspecified atom stereocenters. The molecule has 0 saturated carbocycles. The van der Waals surface area contributed by atoms with Crippen molar-refractivity contribution in [3.8, 4) is 6.01 Å². The van der Waals surface area contributed by atoms with Gasteiger partial charge in [0.15, 0.2) is 5.82 Å². The summed E-state index contributed by atoms with van der Waals surface area (Å²) < 4.78 is 6.94. The fourth-order valence-electron chi connectivity index (χ4n) is 4.52. The van der Waals surface area contributed by atoms with Gasteiger partial charge in [-0.3, -0.25) is 14.5 Å². The van der Waals surface area contributed by atoms with Crippen LogP contribution in [0.15, 0.2) is 36.7 Å². The number of piperazine rings is 1. The summed E-state index contributed by atoms with van der Waals surface area (Å²) in [7, 11) is 3.33. The van der Waals surface area contributed by atoms with E-state index < -0.39 is 0 Å². The van der Waals surface area contributed by atoms with Crippen LogP contribution in [0.1, 0.15) is 24.2 Å². The van der Waals surface area contributed by atoms with Crippen LogP contribution in [0.5, 0.6) is 6.01 Å². The zero-order valence-corrected chi connectivity index (χ0v) is 19.0. The van der Waals surface area contributed by atoms with Gasteiger partial charge in [-0.1, -0.05) is 0 Å². The van der Waals surface area contributed by atoms with Crippen molar-refractivity contribution in [2.75, 3.05) is 30.4 Å². The summed E-state index contributed by atoms with van der Waals surface area (Å²) in [5.74, 6) is 0.0844. The molecule has 5 rings (SSSR count). The van der Waals surface area contributed by atoms with Crippen LogP contribution < -0.4 is 20.3 Å². The molecule has 10 heteroatoms. The molecule has 1 amide bonds. The number of nitrogens with zero attached hydrogens (tertiary/aromatic N) is 6. The van der Waals surface area contributed by atoms with Crippen molar-refractivity contribution in [3.05, 3.63) is 42.2 Å². The molecule has 1 saturated heterocycles. The zero-order valence-electron chi connectivity index (χ0n) is 19.0. The third-order valence-corrected chi connectivity index (χ3v) is 5.87. The van der Waals surface area contributed by atoms with Gasteiger partial charge in [-0.15, -0.1) is 0 Å². The summed E-state index contributed by atoms with van der Waals surface area (Å²) in [6, 6.07) is 8.40. The molecule has 2 atom stereocenters. The Kier molecular flexibility index (Phi) is 5.29. The van der Waals surface area contributed by atoms with E-state index in [1.54, 1.807) is 23.1 Å². The minimum atomic E-state index is -0.319. The standard InChI is InChI=1S/C23H26N8O2/c1-13-11-31(12-14(2)26-13)17-8-7-15(19-16(17)10-25-23(27-19)33-4)22(32)28-21-20-18(30(3)29-21)6-5-9-24-20/h5-10,13-14,26H,11-12H2,1-4H3,(H,28,29,32)/t13-,14-/m0/s1. The van der Waals surface area contributed by atoms with Crippen LogP contribution in [-0.4, -0.2) is 62.9 Å². The molecule has 4 aromatic rings. The van der Waals surface area contributed by atoms with E-state index in [2.05, 4.69) is 49.4 Å². The van der Waals surface area contributed by atoms with Crippen molar-refractivity contribution in [3.63, 3.8) is 0 Å². The van der Waals surface area contributed by atoms with Gasteiger partial charge in [-0.25, -0.2) is 4.98 Å². The quantitative estimate of drug-likeness (QED) is 0.492. The largest absolute Gasteiger partial charge is 0.467 e. The molecule has 33 heavy (non-hydrogen) atoms. The number of benzene rings is 1. The van der Waals surface area contributed by atoms with E-state index in [1.807, 2.05) is 25.2 Å². The van der Waals surface area contributed by atoms with Gasteiger partial charge in [0.2, 0.25) is 0 Å². The molecule has 1 aliphatic heterocycles. The molecule has 2 N–H and O–H groups in total. The summed E-state index contributed by atoms with van der Waals surface area (Å²) in [5, 5.41) is 11.7. The van der Waals surface area contributed by atoms with Crippen molar-refractivity contribution >= 4 is 39.3 Å². The molecule has 1 aromatic carbocycles. The van der Waals surface area contributed by atoms with Gasteiger partial charge in [0.05, 0.1) is 23.7 Å². The maximum atomic E-state index is 13.4. The number of pyridine rings is 1. The minimum absolute atomic E-state index is 0.209. The van der Waals surface area contributed by atoms with Gasteiger partial charge in [-0.05, 0) is 38.1 Å². The van der Waals surface area contributed by atoms with Crippen LogP contribution in [0.4, 0.5) is 11.5 Å². The monoisotopic (exact) mass is 446 g/mol. The van der Waals surface area contributed by atoms with Gasteiger partial charge in [-0.2, -0.15) is 10.1 Å². The van der Waals surface area contributed by atoms with Crippen LogP contribution in [0.3, 0.4) is 0 Å². The first kappa shape index (κ1) is 21.1. The SMILES string of the molecule is COc1ncc2c(N3C[C@H](C)N[C@@H](C)C3)ccc(C(=O)Nc3nn(C)c4cccnc34)c2n1. The smallest absolute Gasteiger partial charge is 0.316 e. The number of carbonyl (C=O) groups is 1. The zero-order chi connectivity index (χ0) is 23.1. The Morgan fingerprint density at radius 2 is 1.94 bits per heavy atom. The summed E-state index contributed by atoms with van der Waals surface area (Å²) in [6.45, 7) is 6.03. The Bertz CT molecular complexity index is 1340. The molecule has 0 radical (unpaired) electrons. The van der Waals surface area contributed by atoms with Crippen molar-refractivity contribution in [2.24, 2.45) is 7.05 Å². The summed E-state index contributed by atoms with van der Waals surface area (Å²) in [4.78, 5) is 28.9. The number of ether oxygens (including phenoxy) is 1. The average molecular weight is 447 g/mol. The first-order chi connectivity index (χ1) is 15.9. The van der Waals surface area contributed by atoms with Crippen LogP contribution in [-0.2, 0) is 7.05 Å². The van der Waals surface area contributed by atoms with E-state index in [0.717, 1.165) is 29.7 Å². The maximum Gasteiger partial charge on any atom is 0.316 e. The highest BCUT2D eigenvalue weighted by Crippen LogP contribution is 2.31. The second-order valence-corrected chi connectivity index (χ2v) is 8.42. The molecule has 0 spiro atoms. The Labute approximate surface area is 191 Å². The van der Waals surface area contributed by atoms with E-state index in [4.69, 9.17) is 4.74 Å². The van der Waals surface area contributed by atoms with Gasteiger partial charge in [0.25, 0.3) is 5.91 Å². The summed E-state index contributed by atoms with van der Waals surface area (Å²) >= 11 is 0. The Morgan fingerprint density at radius 1 is 1.15 bits per heavy atom. The van der Waals surface area contributed by atoms with Crippen LogP contribution in [0.2, 0.25) is 0 Å². The van der Waals surface area contributed by atoms with E-state index >= 15 is 0 Å². The summed E-state index contributed by atoms with van der Waals surface area (Å²) in [6.07, 6.45) is 3.40. The molecule has 170 valence electrons. The fraction of sp³-hybridized carbons (Fsp3) is 0.348. The average Bonchev–Trinajstić information content (AvgIpc) is 3.12. The number of hydrogen-bond donors (Lipinski definition) is 2. The number of aromatic nitrogens is 5. The molecule has 4 heterocycles. The molecule has 10 nitrogen and oxygen atoms in total. The first-order valence-corrected chi connectivity index (χ1v) is 10.9. The second-order valence-electron chi connectivity index (χ2n) is 8.42. The lowest BCUT2D eigenvalue weighted by atomic mass is 10.0.